The molecule has 0 radical (unpaired) electrons. The molecule has 27 heavy (non-hydrogen) atoms. The number of hydrogen-bond acceptors (Lipinski definition) is 6. The van der Waals surface area contributed by atoms with Crippen molar-refractivity contribution in [1.29, 1.82) is 0 Å². The number of amides is 2. The fourth-order valence-electron chi connectivity index (χ4n) is 2.97. The largest absolute Gasteiger partial charge is 0.459 e. The molecule has 8 heteroatoms. The molecule has 3 heterocycles. The van der Waals surface area contributed by atoms with Gasteiger partial charge in [0.25, 0.3) is 5.89 Å². The van der Waals surface area contributed by atoms with Crippen LogP contribution in [-0.4, -0.2) is 58.8 Å². The van der Waals surface area contributed by atoms with E-state index in [4.69, 9.17) is 8.83 Å². The van der Waals surface area contributed by atoms with Gasteiger partial charge in [-0.1, -0.05) is 0 Å². The van der Waals surface area contributed by atoms with Crippen molar-refractivity contribution >= 4 is 11.7 Å². The SMILES string of the molecule is C[C@H]1CN(C(=O)Nc2ccc(-c3nnc(-c4ccco4)o3)cc2)CCN1C. The number of carbonyl (C=O) groups is 1. The summed E-state index contributed by atoms with van der Waals surface area (Å²) in [7, 11) is 2.08. The van der Waals surface area contributed by atoms with Gasteiger partial charge < -0.3 is 24.0 Å². The third kappa shape index (κ3) is 3.70. The van der Waals surface area contributed by atoms with Gasteiger partial charge in [-0.05, 0) is 50.4 Å². The Labute approximate surface area is 156 Å². The van der Waals surface area contributed by atoms with Gasteiger partial charge in [0.05, 0.1) is 6.26 Å². The average molecular weight is 367 g/mol. The van der Waals surface area contributed by atoms with Gasteiger partial charge in [0, 0.05) is 36.9 Å². The maximum atomic E-state index is 12.5. The molecule has 1 aliphatic rings. The molecule has 8 nitrogen and oxygen atoms in total. The number of nitrogens with one attached hydrogen (secondary N) is 1. The van der Waals surface area contributed by atoms with Gasteiger partial charge in [0.2, 0.25) is 5.89 Å². The van der Waals surface area contributed by atoms with E-state index in [2.05, 4.69) is 34.4 Å². The first-order valence-corrected chi connectivity index (χ1v) is 8.84. The zero-order valence-corrected chi connectivity index (χ0v) is 15.3. The molecular weight excluding hydrogens is 346 g/mol. The summed E-state index contributed by atoms with van der Waals surface area (Å²) in [5.41, 5.74) is 1.49. The molecule has 4 rings (SSSR count). The maximum Gasteiger partial charge on any atom is 0.321 e. The van der Waals surface area contributed by atoms with E-state index in [0.717, 1.165) is 30.9 Å². The number of anilines is 1. The van der Waals surface area contributed by atoms with Crippen molar-refractivity contribution in [1.82, 2.24) is 20.0 Å². The fourth-order valence-corrected chi connectivity index (χ4v) is 2.97. The summed E-state index contributed by atoms with van der Waals surface area (Å²) in [6.45, 7) is 4.44. The predicted octanol–water partition coefficient (Wildman–Crippen LogP) is 3.16. The first kappa shape index (κ1) is 17.3. The second-order valence-corrected chi connectivity index (χ2v) is 6.67. The maximum absolute atomic E-state index is 12.5. The van der Waals surface area contributed by atoms with E-state index >= 15 is 0 Å². The van der Waals surface area contributed by atoms with E-state index in [0.29, 0.717) is 23.6 Å². The summed E-state index contributed by atoms with van der Waals surface area (Å²) in [6.07, 6.45) is 1.55. The molecule has 0 saturated carbocycles. The van der Waals surface area contributed by atoms with Crippen molar-refractivity contribution < 1.29 is 13.6 Å². The zero-order valence-electron chi connectivity index (χ0n) is 15.3. The Morgan fingerprint density at radius 1 is 1.15 bits per heavy atom. The third-order valence-corrected chi connectivity index (χ3v) is 4.79. The van der Waals surface area contributed by atoms with Crippen LogP contribution in [0.3, 0.4) is 0 Å². The summed E-state index contributed by atoms with van der Waals surface area (Å²) < 4.78 is 10.9. The van der Waals surface area contributed by atoms with E-state index in [1.54, 1.807) is 18.4 Å². The Kier molecular flexibility index (Phi) is 4.64. The first-order chi connectivity index (χ1) is 13.1. The lowest BCUT2D eigenvalue weighted by Gasteiger charge is -2.37. The molecule has 3 aromatic rings. The van der Waals surface area contributed by atoms with E-state index in [-0.39, 0.29) is 6.03 Å². The Bertz CT molecular complexity index is 904. The van der Waals surface area contributed by atoms with Gasteiger partial charge in [0.15, 0.2) is 5.76 Å². The monoisotopic (exact) mass is 367 g/mol. The summed E-state index contributed by atoms with van der Waals surface area (Å²) in [5, 5.41) is 11.0. The van der Waals surface area contributed by atoms with Crippen molar-refractivity contribution in [2.75, 3.05) is 32.0 Å². The standard InChI is InChI=1S/C19H21N5O3/c1-13-12-24(10-9-23(13)2)19(25)20-15-7-5-14(6-8-15)17-21-22-18(27-17)16-4-3-11-26-16/h3-8,11,13H,9-10,12H2,1-2H3,(H,20,25)/t13-/m0/s1. The Hall–Kier alpha value is -3.13. The van der Waals surface area contributed by atoms with Crippen LogP contribution in [0.1, 0.15) is 6.92 Å². The number of rotatable bonds is 3. The van der Waals surface area contributed by atoms with Crippen LogP contribution >= 0.6 is 0 Å². The quantitative estimate of drug-likeness (QED) is 0.765. The minimum absolute atomic E-state index is 0.0828. The zero-order chi connectivity index (χ0) is 18.8. The number of benzene rings is 1. The molecule has 1 aliphatic heterocycles. The van der Waals surface area contributed by atoms with Crippen LogP contribution in [0.4, 0.5) is 10.5 Å². The molecule has 2 amide bonds. The lowest BCUT2D eigenvalue weighted by Crippen LogP contribution is -2.53. The number of piperazine rings is 1. The molecule has 1 saturated heterocycles. The van der Waals surface area contributed by atoms with E-state index < -0.39 is 0 Å². The lowest BCUT2D eigenvalue weighted by molar-refractivity contribution is 0.125. The highest BCUT2D eigenvalue weighted by molar-refractivity contribution is 5.89. The minimum Gasteiger partial charge on any atom is -0.459 e. The highest BCUT2D eigenvalue weighted by atomic mass is 16.4. The molecule has 1 aromatic carbocycles. The molecule has 1 atom stereocenters. The summed E-state index contributed by atoms with van der Waals surface area (Å²) in [6, 6.07) is 11.1. The molecule has 1 N–H and O–H groups in total. The van der Waals surface area contributed by atoms with Crippen molar-refractivity contribution in [3.63, 3.8) is 0 Å². The Balaban J connectivity index is 1.41. The van der Waals surface area contributed by atoms with E-state index in [1.165, 1.54) is 0 Å². The van der Waals surface area contributed by atoms with Crippen LogP contribution in [0.15, 0.2) is 51.5 Å². The van der Waals surface area contributed by atoms with Gasteiger partial charge in [-0.3, -0.25) is 0 Å². The Morgan fingerprint density at radius 2 is 1.93 bits per heavy atom. The second-order valence-electron chi connectivity index (χ2n) is 6.67. The molecule has 140 valence electrons. The van der Waals surface area contributed by atoms with Gasteiger partial charge in [-0.2, -0.15) is 0 Å². The van der Waals surface area contributed by atoms with Gasteiger partial charge >= 0.3 is 6.03 Å². The number of carbonyl (C=O) groups excluding carboxylic acids is 1. The lowest BCUT2D eigenvalue weighted by atomic mass is 10.2. The van der Waals surface area contributed by atoms with Crippen LogP contribution < -0.4 is 5.32 Å². The smallest absolute Gasteiger partial charge is 0.321 e. The van der Waals surface area contributed by atoms with E-state index in [1.807, 2.05) is 29.2 Å². The number of likely N-dealkylation sites (N-methyl/N-ethyl adjacent to an activating group) is 1. The van der Waals surface area contributed by atoms with Crippen LogP contribution in [0, 0.1) is 0 Å². The topological polar surface area (TPSA) is 87.6 Å². The number of aromatic nitrogens is 2. The molecule has 0 aliphatic carbocycles. The second kappa shape index (κ2) is 7.24. The van der Waals surface area contributed by atoms with Crippen molar-refractivity contribution in [3.05, 3.63) is 42.7 Å². The van der Waals surface area contributed by atoms with E-state index in [9.17, 15) is 4.79 Å². The predicted molar refractivity (Wildman–Crippen MR) is 100 cm³/mol. The molecular formula is C19H21N5O3. The third-order valence-electron chi connectivity index (χ3n) is 4.79. The van der Waals surface area contributed by atoms with Gasteiger partial charge in [-0.25, -0.2) is 4.79 Å². The molecule has 0 unspecified atom stereocenters. The van der Waals surface area contributed by atoms with Gasteiger partial charge in [-0.15, -0.1) is 10.2 Å². The fraction of sp³-hybridized carbons (Fsp3) is 0.316. The molecule has 0 spiro atoms. The molecule has 0 bridgehead atoms. The normalized spacial score (nSPS) is 17.9. The van der Waals surface area contributed by atoms with Crippen LogP contribution in [0.25, 0.3) is 23.1 Å². The highest BCUT2D eigenvalue weighted by Crippen LogP contribution is 2.25. The van der Waals surface area contributed by atoms with Crippen molar-refractivity contribution in [2.45, 2.75) is 13.0 Å². The van der Waals surface area contributed by atoms with Crippen molar-refractivity contribution in [3.8, 4) is 23.1 Å². The van der Waals surface area contributed by atoms with Gasteiger partial charge in [0.1, 0.15) is 0 Å². The number of hydrogen-bond donors (Lipinski definition) is 1. The summed E-state index contributed by atoms with van der Waals surface area (Å²) >= 11 is 0. The van der Waals surface area contributed by atoms with Crippen molar-refractivity contribution in [2.24, 2.45) is 0 Å². The number of furan rings is 1. The van der Waals surface area contributed by atoms with Crippen LogP contribution in [0.2, 0.25) is 0 Å². The average Bonchev–Trinajstić information content (AvgIpc) is 3.36. The Morgan fingerprint density at radius 3 is 2.63 bits per heavy atom. The summed E-state index contributed by atoms with van der Waals surface area (Å²) in [4.78, 5) is 16.5. The first-order valence-electron chi connectivity index (χ1n) is 8.84. The van der Waals surface area contributed by atoms with Crippen LogP contribution in [-0.2, 0) is 0 Å². The highest BCUT2D eigenvalue weighted by Gasteiger charge is 2.24. The minimum atomic E-state index is -0.0828. The molecule has 1 fully saturated rings. The number of urea groups is 1. The summed E-state index contributed by atoms with van der Waals surface area (Å²) in [5.74, 6) is 1.25. The van der Waals surface area contributed by atoms with Crippen LogP contribution in [0.5, 0.6) is 0 Å². The molecule has 2 aromatic heterocycles. The number of nitrogens with zero attached hydrogens (tertiary/aromatic N) is 4.